The number of nitrogens with zero attached hydrogens (tertiary/aromatic N) is 5. The largest absolute Gasteiger partial charge is 0.497 e. The van der Waals surface area contributed by atoms with Crippen molar-refractivity contribution in [2.75, 3.05) is 30.2 Å². The number of allylic oxidation sites excluding steroid dienone is 3. The fourth-order valence-electron chi connectivity index (χ4n) is 5.24. The minimum Gasteiger partial charge on any atom is -0.497 e. The number of amides is 1. The maximum absolute atomic E-state index is 13.5. The van der Waals surface area contributed by atoms with Crippen LogP contribution in [-0.4, -0.2) is 46.8 Å². The molecule has 0 fully saturated rings. The SMILES string of the molecule is COc1ccc(OC)c(C2C(C#N)=C(N)N(c3nnc(SCC(=O)Nc4ccc(C)c([N+](=O)[O-])c4)s3)C3=C2C(=O)CCC3)c1. The smallest absolute Gasteiger partial charge is 0.274 e. The molecule has 0 radical (unpaired) electrons. The molecule has 0 spiro atoms. The molecule has 1 unspecified atom stereocenters. The molecule has 3 aromatic rings. The van der Waals surface area contributed by atoms with Gasteiger partial charge in [-0.1, -0.05) is 29.2 Å². The standard InChI is InChI=1S/C29H27N7O6S2/c1-15-7-8-16(11-21(15)36(39)40)32-24(38)14-43-29-34-33-28(44-29)35-20-5-4-6-22(37)26(20)25(19(13-30)27(35)31)18-12-17(41-2)9-10-23(18)42-3/h7-12,25H,4-6,14,31H2,1-3H3,(H,32,38). The number of carbonyl (C=O) groups excluding carboxylic acids is 2. The van der Waals surface area contributed by atoms with E-state index in [0.717, 1.165) is 23.1 Å². The van der Waals surface area contributed by atoms with E-state index in [4.69, 9.17) is 15.2 Å². The lowest BCUT2D eigenvalue weighted by molar-refractivity contribution is -0.385. The van der Waals surface area contributed by atoms with E-state index >= 15 is 0 Å². The van der Waals surface area contributed by atoms with Crippen molar-refractivity contribution in [3.63, 3.8) is 0 Å². The molecule has 1 aromatic heterocycles. The number of benzene rings is 2. The molecule has 2 aromatic carbocycles. The number of thioether (sulfide) groups is 1. The molecule has 15 heteroatoms. The maximum Gasteiger partial charge on any atom is 0.274 e. The van der Waals surface area contributed by atoms with Crippen molar-refractivity contribution in [2.45, 2.75) is 36.4 Å². The first-order valence-corrected chi connectivity index (χ1v) is 15.2. The van der Waals surface area contributed by atoms with Gasteiger partial charge in [0.05, 0.1) is 42.5 Å². The predicted octanol–water partition coefficient (Wildman–Crippen LogP) is 4.81. The summed E-state index contributed by atoms with van der Waals surface area (Å²) in [5.74, 6) is -0.113. The number of hydrogen-bond donors (Lipinski definition) is 2. The summed E-state index contributed by atoms with van der Waals surface area (Å²) >= 11 is 2.29. The van der Waals surface area contributed by atoms with E-state index in [1.165, 1.54) is 20.3 Å². The topological polar surface area (TPSA) is 187 Å². The van der Waals surface area contributed by atoms with Gasteiger partial charge in [-0.3, -0.25) is 24.6 Å². The lowest BCUT2D eigenvalue weighted by Crippen LogP contribution is -2.38. The minimum atomic E-state index is -0.757. The number of nitriles is 1. The molecule has 1 aliphatic heterocycles. The van der Waals surface area contributed by atoms with Gasteiger partial charge in [0.25, 0.3) is 5.69 Å². The van der Waals surface area contributed by atoms with Crippen molar-refractivity contribution in [3.8, 4) is 17.6 Å². The molecule has 5 rings (SSSR count). The van der Waals surface area contributed by atoms with Crippen LogP contribution in [0.3, 0.4) is 0 Å². The number of aromatic nitrogens is 2. The van der Waals surface area contributed by atoms with Gasteiger partial charge in [-0.25, -0.2) is 0 Å². The van der Waals surface area contributed by atoms with E-state index < -0.39 is 10.8 Å². The summed E-state index contributed by atoms with van der Waals surface area (Å²) in [7, 11) is 3.05. The number of hydrogen-bond acceptors (Lipinski definition) is 13. The summed E-state index contributed by atoms with van der Waals surface area (Å²) < 4.78 is 11.5. The highest BCUT2D eigenvalue weighted by Gasteiger charge is 2.42. The molecule has 44 heavy (non-hydrogen) atoms. The number of nitrogens with two attached hydrogens (primary N) is 1. The number of nitrogens with one attached hydrogen (secondary N) is 1. The molecule has 226 valence electrons. The number of aryl methyl sites for hydroxylation is 1. The number of nitro groups is 1. The Morgan fingerprint density at radius 3 is 2.75 bits per heavy atom. The number of ether oxygens (including phenoxy) is 2. The predicted molar refractivity (Wildman–Crippen MR) is 165 cm³/mol. The first-order chi connectivity index (χ1) is 21.2. The van der Waals surface area contributed by atoms with Crippen LogP contribution in [0.2, 0.25) is 0 Å². The van der Waals surface area contributed by atoms with Crippen molar-refractivity contribution in [3.05, 3.63) is 80.3 Å². The summed E-state index contributed by atoms with van der Waals surface area (Å²) in [6, 6.07) is 11.9. The Morgan fingerprint density at radius 1 is 1.25 bits per heavy atom. The fourth-order valence-corrected chi connectivity index (χ4v) is 6.92. The number of Topliss-reactive ketones (excluding diaryl/α,β-unsaturated/α-hetero) is 1. The van der Waals surface area contributed by atoms with Crippen LogP contribution >= 0.6 is 23.1 Å². The molecule has 0 bridgehead atoms. The molecule has 1 aliphatic carbocycles. The van der Waals surface area contributed by atoms with Crippen LogP contribution in [0.25, 0.3) is 0 Å². The van der Waals surface area contributed by atoms with Gasteiger partial charge in [0, 0.05) is 40.6 Å². The molecule has 1 atom stereocenters. The number of ketones is 1. The monoisotopic (exact) mass is 633 g/mol. The molecule has 2 aliphatic rings. The van der Waals surface area contributed by atoms with E-state index in [0.29, 0.717) is 68.3 Å². The van der Waals surface area contributed by atoms with Gasteiger partial charge in [0.15, 0.2) is 10.1 Å². The summed E-state index contributed by atoms with van der Waals surface area (Å²) in [6.07, 6.45) is 1.45. The summed E-state index contributed by atoms with van der Waals surface area (Å²) in [4.78, 5) is 38.4. The Balaban J connectivity index is 1.43. The number of methoxy groups -OCH3 is 2. The second-order valence-corrected chi connectivity index (χ2v) is 12.0. The third kappa shape index (κ3) is 5.81. The summed E-state index contributed by atoms with van der Waals surface area (Å²) in [6.45, 7) is 1.62. The van der Waals surface area contributed by atoms with Gasteiger partial charge < -0.3 is 20.5 Å². The van der Waals surface area contributed by atoms with Crippen LogP contribution < -0.4 is 25.4 Å². The number of anilines is 2. The first kappa shape index (κ1) is 30.5. The first-order valence-electron chi connectivity index (χ1n) is 13.4. The van der Waals surface area contributed by atoms with Crippen molar-refractivity contribution in [1.82, 2.24) is 10.2 Å². The Bertz CT molecular complexity index is 1780. The molecule has 0 saturated carbocycles. The van der Waals surface area contributed by atoms with Crippen LogP contribution in [0.5, 0.6) is 11.5 Å². The van der Waals surface area contributed by atoms with Gasteiger partial charge in [-0.05, 0) is 44.0 Å². The van der Waals surface area contributed by atoms with Gasteiger partial charge >= 0.3 is 0 Å². The zero-order chi connectivity index (χ0) is 31.5. The Labute approximate surface area is 260 Å². The Morgan fingerprint density at radius 2 is 2.05 bits per heavy atom. The van der Waals surface area contributed by atoms with Crippen LogP contribution in [-0.2, 0) is 9.59 Å². The average molecular weight is 634 g/mol. The Hall–Kier alpha value is -4.94. The third-order valence-corrected chi connectivity index (χ3v) is 9.31. The Kier molecular flexibility index (Phi) is 8.83. The summed E-state index contributed by atoms with van der Waals surface area (Å²) in [5.41, 5.74) is 9.21. The zero-order valence-corrected chi connectivity index (χ0v) is 25.6. The second kappa shape index (κ2) is 12.7. The number of carbonyl (C=O) groups is 2. The zero-order valence-electron chi connectivity index (χ0n) is 23.9. The lowest BCUT2D eigenvalue weighted by Gasteiger charge is -2.38. The van der Waals surface area contributed by atoms with E-state index in [-0.39, 0.29) is 34.5 Å². The van der Waals surface area contributed by atoms with Gasteiger partial charge in [-0.15, -0.1) is 10.2 Å². The van der Waals surface area contributed by atoms with Crippen LogP contribution in [0.4, 0.5) is 16.5 Å². The van der Waals surface area contributed by atoms with Crippen LogP contribution in [0, 0.1) is 28.4 Å². The normalized spacial score (nSPS) is 16.4. The highest BCUT2D eigenvalue weighted by molar-refractivity contribution is 8.01. The van der Waals surface area contributed by atoms with E-state index in [9.17, 15) is 25.0 Å². The third-order valence-electron chi connectivity index (χ3n) is 7.26. The molecular weight excluding hydrogens is 606 g/mol. The van der Waals surface area contributed by atoms with E-state index in [1.54, 1.807) is 42.2 Å². The number of rotatable bonds is 9. The molecule has 13 nitrogen and oxygen atoms in total. The van der Waals surface area contributed by atoms with Gasteiger partial charge in [0.1, 0.15) is 17.3 Å². The number of nitro benzene ring substituents is 1. The van der Waals surface area contributed by atoms with Gasteiger partial charge in [0.2, 0.25) is 11.0 Å². The van der Waals surface area contributed by atoms with Crippen molar-refractivity contribution in [1.29, 1.82) is 5.26 Å². The lowest BCUT2D eigenvalue weighted by atomic mass is 9.75. The second-order valence-electron chi connectivity index (χ2n) is 9.87. The minimum absolute atomic E-state index is 0.0325. The van der Waals surface area contributed by atoms with E-state index in [1.807, 2.05) is 0 Å². The average Bonchev–Trinajstić information content (AvgIpc) is 3.48. The summed E-state index contributed by atoms with van der Waals surface area (Å²) in [5, 5.41) is 33.1. The quantitative estimate of drug-likeness (QED) is 0.186. The molecule has 1 amide bonds. The highest BCUT2D eigenvalue weighted by Crippen LogP contribution is 2.49. The highest BCUT2D eigenvalue weighted by atomic mass is 32.2. The van der Waals surface area contributed by atoms with Crippen LogP contribution in [0.15, 0.2) is 63.4 Å². The van der Waals surface area contributed by atoms with Gasteiger partial charge in [-0.2, -0.15) is 5.26 Å². The molecule has 3 N–H and O–H groups in total. The van der Waals surface area contributed by atoms with Crippen LogP contribution in [0.1, 0.15) is 36.3 Å². The van der Waals surface area contributed by atoms with Crippen molar-refractivity contribution < 1.29 is 24.0 Å². The van der Waals surface area contributed by atoms with E-state index in [2.05, 4.69) is 21.6 Å². The molecular formula is C29H27N7O6S2. The maximum atomic E-state index is 13.5. The molecule has 0 saturated heterocycles. The van der Waals surface area contributed by atoms with Crippen molar-refractivity contribution >= 4 is 51.3 Å². The fraction of sp³-hybridized carbons (Fsp3) is 0.276. The van der Waals surface area contributed by atoms with Crippen molar-refractivity contribution in [2.24, 2.45) is 5.73 Å². The molecule has 2 heterocycles.